The zero-order valence-electron chi connectivity index (χ0n) is 10.9. The highest BCUT2D eigenvalue weighted by Gasteiger charge is 2.16. The smallest absolute Gasteiger partial charge is 0.340 e. The normalized spacial score (nSPS) is 10.4. The predicted octanol–water partition coefficient (Wildman–Crippen LogP) is 3.28. The van der Waals surface area contributed by atoms with Gasteiger partial charge in [0.15, 0.2) is 5.82 Å². The maximum absolute atomic E-state index is 13.8. The molecule has 5 nitrogen and oxygen atoms in total. The number of benzene rings is 1. The van der Waals surface area contributed by atoms with Crippen molar-refractivity contribution in [2.75, 3.05) is 12.4 Å². The molecule has 1 heterocycles. The van der Waals surface area contributed by atoms with Crippen LogP contribution in [-0.2, 0) is 11.3 Å². The minimum atomic E-state index is -0.737. The third kappa shape index (κ3) is 3.16. The molecule has 1 aromatic heterocycles. The summed E-state index contributed by atoms with van der Waals surface area (Å²) in [7, 11) is 1.20. The average Bonchev–Trinajstić information content (AvgIpc) is 2.85. The summed E-state index contributed by atoms with van der Waals surface area (Å²) in [4.78, 5) is 15.5. The average molecular weight is 343 g/mol. The van der Waals surface area contributed by atoms with E-state index >= 15 is 0 Å². The number of oxazole rings is 1. The maximum atomic E-state index is 13.8. The number of nitrogens with one attached hydrogen (secondary N) is 1. The molecule has 0 saturated carbocycles. The van der Waals surface area contributed by atoms with Crippen molar-refractivity contribution in [1.29, 1.82) is 0 Å². The molecule has 0 atom stereocenters. The van der Waals surface area contributed by atoms with Crippen LogP contribution in [0.1, 0.15) is 22.0 Å². The SMILES string of the molecule is COC(=O)c1cc(NCc2ncc(C)o2)cc(Br)c1F. The van der Waals surface area contributed by atoms with Gasteiger partial charge in [-0.25, -0.2) is 14.2 Å². The molecule has 0 radical (unpaired) electrons. The summed E-state index contributed by atoms with van der Waals surface area (Å²) in [5.74, 6) is -0.187. The van der Waals surface area contributed by atoms with Crippen LogP contribution in [0, 0.1) is 12.7 Å². The Balaban J connectivity index is 2.19. The molecular weight excluding hydrogens is 331 g/mol. The zero-order chi connectivity index (χ0) is 14.7. The molecule has 106 valence electrons. The number of aromatic nitrogens is 1. The van der Waals surface area contributed by atoms with E-state index in [4.69, 9.17) is 4.42 Å². The summed E-state index contributed by atoms with van der Waals surface area (Å²) >= 11 is 3.06. The van der Waals surface area contributed by atoms with Crippen LogP contribution in [0.3, 0.4) is 0 Å². The lowest BCUT2D eigenvalue weighted by molar-refractivity contribution is 0.0595. The fraction of sp³-hybridized carbons (Fsp3) is 0.231. The van der Waals surface area contributed by atoms with Gasteiger partial charge in [-0.05, 0) is 35.0 Å². The Kier molecular flexibility index (Phi) is 4.39. The Hall–Kier alpha value is -1.89. The van der Waals surface area contributed by atoms with Crippen molar-refractivity contribution in [2.45, 2.75) is 13.5 Å². The van der Waals surface area contributed by atoms with Crippen LogP contribution >= 0.6 is 15.9 Å². The Morgan fingerprint density at radius 3 is 2.90 bits per heavy atom. The first kappa shape index (κ1) is 14.5. The van der Waals surface area contributed by atoms with Gasteiger partial charge in [-0.3, -0.25) is 0 Å². The third-order valence-corrected chi connectivity index (χ3v) is 3.12. The van der Waals surface area contributed by atoms with Gasteiger partial charge in [0.1, 0.15) is 5.76 Å². The fourth-order valence-corrected chi connectivity index (χ4v) is 2.07. The summed E-state index contributed by atoms with van der Waals surface area (Å²) < 4.78 is 23.8. The standard InChI is InChI=1S/C13H12BrFN2O3/c1-7-5-17-11(20-7)6-16-8-3-9(13(18)19-2)12(15)10(14)4-8/h3-5,16H,6H2,1-2H3. The second-order valence-electron chi connectivity index (χ2n) is 4.03. The van der Waals surface area contributed by atoms with Crippen LogP contribution in [0.4, 0.5) is 10.1 Å². The van der Waals surface area contributed by atoms with E-state index in [1.807, 2.05) is 0 Å². The summed E-state index contributed by atoms with van der Waals surface area (Å²) in [6.45, 7) is 2.12. The first-order valence-electron chi connectivity index (χ1n) is 5.73. The van der Waals surface area contributed by atoms with Crippen molar-refractivity contribution in [3.63, 3.8) is 0 Å². The molecule has 0 aliphatic heterocycles. The molecule has 1 N–H and O–H groups in total. The topological polar surface area (TPSA) is 64.4 Å². The molecule has 0 aliphatic rings. The van der Waals surface area contributed by atoms with Crippen LogP contribution in [0.25, 0.3) is 0 Å². The number of rotatable bonds is 4. The van der Waals surface area contributed by atoms with Crippen LogP contribution in [0.2, 0.25) is 0 Å². The van der Waals surface area contributed by atoms with Gasteiger partial charge in [-0.15, -0.1) is 0 Å². The van der Waals surface area contributed by atoms with Crippen molar-refractivity contribution in [2.24, 2.45) is 0 Å². The second kappa shape index (κ2) is 6.04. The number of carbonyl (C=O) groups excluding carboxylic acids is 1. The number of halogens is 2. The monoisotopic (exact) mass is 342 g/mol. The van der Waals surface area contributed by atoms with E-state index in [0.29, 0.717) is 23.9 Å². The lowest BCUT2D eigenvalue weighted by Gasteiger charge is -2.08. The lowest BCUT2D eigenvalue weighted by atomic mass is 10.2. The van der Waals surface area contributed by atoms with Crippen LogP contribution in [0.5, 0.6) is 0 Å². The highest BCUT2D eigenvalue weighted by atomic mass is 79.9. The molecule has 2 aromatic rings. The molecular formula is C13H12BrFN2O3. The third-order valence-electron chi connectivity index (χ3n) is 2.55. The summed E-state index contributed by atoms with van der Waals surface area (Å²) in [5.41, 5.74) is 0.405. The van der Waals surface area contributed by atoms with Gasteiger partial charge in [0.25, 0.3) is 0 Å². The van der Waals surface area contributed by atoms with Gasteiger partial charge in [-0.1, -0.05) is 0 Å². The molecule has 0 fully saturated rings. The summed E-state index contributed by atoms with van der Waals surface area (Å²) in [6.07, 6.45) is 1.61. The van der Waals surface area contributed by atoms with E-state index in [0.717, 1.165) is 0 Å². The highest BCUT2D eigenvalue weighted by Crippen LogP contribution is 2.25. The number of ether oxygens (including phenoxy) is 1. The van der Waals surface area contributed by atoms with E-state index in [2.05, 4.69) is 31.0 Å². The van der Waals surface area contributed by atoms with Crippen LogP contribution < -0.4 is 5.32 Å². The second-order valence-corrected chi connectivity index (χ2v) is 4.88. The van der Waals surface area contributed by atoms with Gasteiger partial charge in [-0.2, -0.15) is 0 Å². The zero-order valence-corrected chi connectivity index (χ0v) is 12.5. The van der Waals surface area contributed by atoms with Crippen LogP contribution in [-0.4, -0.2) is 18.1 Å². The number of carbonyl (C=O) groups is 1. The number of hydrogen-bond donors (Lipinski definition) is 1. The van der Waals surface area contributed by atoms with E-state index in [1.54, 1.807) is 13.1 Å². The maximum Gasteiger partial charge on any atom is 0.340 e. The molecule has 1 aromatic carbocycles. The Bertz CT molecular complexity index is 643. The number of nitrogens with zero attached hydrogens (tertiary/aromatic N) is 1. The Morgan fingerprint density at radius 2 is 2.30 bits per heavy atom. The Morgan fingerprint density at radius 1 is 1.55 bits per heavy atom. The van der Waals surface area contributed by atoms with Crippen molar-refractivity contribution in [1.82, 2.24) is 4.98 Å². The van der Waals surface area contributed by atoms with Gasteiger partial charge < -0.3 is 14.5 Å². The number of aryl methyl sites for hydroxylation is 1. The lowest BCUT2D eigenvalue weighted by Crippen LogP contribution is -2.07. The van der Waals surface area contributed by atoms with Gasteiger partial charge in [0.2, 0.25) is 5.89 Å². The van der Waals surface area contributed by atoms with Crippen molar-refractivity contribution in [3.05, 3.63) is 45.8 Å². The minimum Gasteiger partial charge on any atom is -0.465 e. The quantitative estimate of drug-likeness (QED) is 0.863. The Labute approximate surface area is 123 Å². The largest absolute Gasteiger partial charge is 0.465 e. The first-order valence-corrected chi connectivity index (χ1v) is 6.53. The summed E-state index contributed by atoms with van der Waals surface area (Å²) in [5, 5.41) is 3.00. The van der Waals surface area contributed by atoms with E-state index in [1.165, 1.54) is 19.2 Å². The van der Waals surface area contributed by atoms with Gasteiger partial charge >= 0.3 is 5.97 Å². The molecule has 0 unspecified atom stereocenters. The molecule has 0 amide bonds. The predicted molar refractivity (Wildman–Crippen MR) is 74.0 cm³/mol. The minimum absolute atomic E-state index is 0.145. The molecule has 20 heavy (non-hydrogen) atoms. The van der Waals surface area contributed by atoms with Crippen LogP contribution in [0.15, 0.2) is 27.2 Å². The molecule has 7 heteroatoms. The number of methoxy groups -OCH3 is 1. The van der Waals surface area contributed by atoms with Crippen molar-refractivity contribution >= 4 is 27.6 Å². The number of hydrogen-bond acceptors (Lipinski definition) is 5. The molecule has 2 rings (SSSR count). The molecule has 0 saturated heterocycles. The van der Waals surface area contributed by atoms with Crippen molar-refractivity contribution < 1.29 is 18.3 Å². The number of anilines is 1. The molecule has 0 bridgehead atoms. The van der Waals surface area contributed by atoms with Crippen molar-refractivity contribution in [3.8, 4) is 0 Å². The van der Waals surface area contributed by atoms with E-state index in [-0.39, 0.29) is 10.0 Å². The molecule has 0 aliphatic carbocycles. The first-order chi connectivity index (χ1) is 9.51. The molecule has 0 spiro atoms. The van der Waals surface area contributed by atoms with E-state index < -0.39 is 11.8 Å². The summed E-state index contributed by atoms with van der Waals surface area (Å²) in [6, 6.07) is 2.90. The highest BCUT2D eigenvalue weighted by molar-refractivity contribution is 9.10. The van der Waals surface area contributed by atoms with Gasteiger partial charge in [0, 0.05) is 5.69 Å². The van der Waals surface area contributed by atoms with E-state index in [9.17, 15) is 9.18 Å². The number of esters is 1. The fourth-order valence-electron chi connectivity index (χ4n) is 1.61. The van der Waals surface area contributed by atoms with Gasteiger partial charge in [0.05, 0.1) is 29.9 Å².